The van der Waals surface area contributed by atoms with Gasteiger partial charge in [0, 0.05) is 17.1 Å². The Bertz CT molecular complexity index is 554. The molecule has 3 heteroatoms. The summed E-state index contributed by atoms with van der Waals surface area (Å²) in [4.78, 5) is 0. The summed E-state index contributed by atoms with van der Waals surface area (Å²) in [6.07, 6.45) is 0. The number of ether oxygens (including phenoxy) is 1. The smallest absolute Gasteiger partial charge is 0.133 e. The standard InChI is InChI=1S/C16H18ClNO/c1-3-18-11-13-14(17)8-6-10-16(13)19-15-9-5-4-7-12(15)2/h4-10,18H,3,11H2,1-2H3. The molecule has 2 aromatic carbocycles. The van der Waals surface area contributed by atoms with Crippen molar-refractivity contribution in [2.75, 3.05) is 6.54 Å². The van der Waals surface area contributed by atoms with E-state index < -0.39 is 0 Å². The summed E-state index contributed by atoms with van der Waals surface area (Å²) in [5.41, 5.74) is 2.10. The molecule has 0 saturated heterocycles. The molecular formula is C16H18ClNO. The van der Waals surface area contributed by atoms with Crippen LogP contribution in [0.3, 0.4) is 0 Å². The van der Waals surface area contributed by atoms with Gasteiger partial charge in [-0.15, -0.1) is 0 Å². The zero-order chi connectivity index (χ0) is 13.7. The summed E-state index contributed by atoms with van der Waals surface area (Å²) >= 11 is 6.25. The topological polar surface area (TPSA) is 21.3 Å². The van der Waals surface area contributed by atoms with Crippen LogP contribution in [-0.4, -0.2) is 6.54 Å². The summed E-state index contributed by atoms with van der Waals surface area (Å²) in [5, 5.41) is 4.01. The van der Waals surface area contributed by atoms with E-state index in [9.17, 15) is 0 Å². The second kappa shape index (κ2) is 6.60. The summed E-state index contributed by atoms with van der Waals surface area (Å²) in [7, 11) is 0. The van der Waals surface area contributed by atoms with Crippen molar-refractivity contribution in [2.24, 2.45) is 0 Å². The molecule has 0 radical (unpaired) electrons. The number of para-hydroxylation sites is 1. The average molecular weight is 276 g/mol. The van der Waals surface area contributed by atoms with Gasteiger partial charge in [0.15, 0.2) is 0 Å². The molecule has 0 aliphatic heterocycles. The summed E-state index contributed by atoms with van der Waals surface area (Å²) in [5.74, 6) is 1.67. The van der Waals surface area contributed by atoms with Gasteiger partial charge >= 0.3 is 0 Å². The van der Waals surface area contributed by atoms with Crippen LogP contribution in [0.15, 0.2) is 42.5 Å². The molecule has 0 amide bonds. The van der Waals surface area contributed by atoms with E-state index in [0.717, 1.165) is 34.2 Å². The lowest BCUT2D eigenvalue weighted by Crippen LogP contribution is -2.12. The van der Waals surface area contributed by atoms with Gasteiger partial charge in [0.05, 0.1) is 0 Å². The Kier molecular flexibility index (Phi) is 4.83. The third kappa shape index (κ3) is 3.49. The van der Waals surface area contributed by atoms with Gasteiger partial charge in [-0.25, -0.2) is 0 Å². The second-order valence-corrected chi connectivity index (χ2v) is 4.77. The summed E-state index contributed by atoms with van der Waals surface area (Å²) in [6.45, 7) is 5.70. The molecule has 19 heavy (non-hydrogen) atoms. The Morgan fingerprint density at radius 3 is 2.53 bits per heavy atom. The minimum absolute atomic E-state index is 0.706. The van der Waals surface area contributed by atoms with Crippen molar-refractivity contribution in [2.45, 2.75) is 20.4 Å². The maximum Gasteiger partial charge on any atom is 0.133 e. The van der Waals surface area contributed by atoms with Crippen molar-refractivity contribution in [1.82, 2.24) is 5.32 Å². The van der Waals surface area contributed by atoms with Crippen LogP contribution in [0.1, 0.15) is 18.1 Å². The zero-order valence-corrected chi connectivity index (χ0v) is 12.0. The quantitative estimate of drug-likeness (QED) is 0.864. The van der Waals surface area contributed by atoms with Gasteiger partial charge in [-0.1, -0.05) is 42.8 Å². The lowest BCUT2D eigenvalue weighted by molar-refractivity contribution is 0.470. The molecule has 0 spiro atoms. The van der Waals surface area contributed by atoms with Gasteiger partial charge in [0.2, 0.25) is 0 Å². The number of benzene rings is 2. The van der Waals surface area contributed by atoms with Crippen molar-refractivity contribution in [1.29, 1.82) is 0 Å². The monoisotopic (exact) mass is 275 g/mol. The van der Waals surface area contributed by atoms with Crippen LogP contribution in [-0.2, 0) is 6.54 Å². The van der Waals surface area contributed by atoms with E-state index in [-0.39, 0.29) is 0 Å². The normalized spacial score (nSPS) is 10.5. The van der Waals surface area contributed by atoms with Gasteiger partial charge in [-0.3, -0.25) is 0 Å². The number of rotatable bonds is 5. The van der Waals surface area contributed by atoms with Crippen molar-refractivity contribution in [3.8, 4) is 11.5 Å². The number of nitrogens with one attached hydrogen (secondary N) is 1. The predicted octanol–water partition coefficient (Wildman–Crippen LogP) is 4.55. The Hall–Kier alpha value is -1.51. The van der Waals surface area contributed by atoms with Crippen LogP contribution >= 0.6 is 11.6 Å². The Balaban J connectivity index is 2.29. The average Bonchev–Trinajstić information content (AvgIpc) is 2.41. The molecular weight excluding hydrogens is 258 g/mol. The van der Waals surface area contributed by atoms with E-state index in [0.29, 0.717) is 6.54 Å². The highest BCUT2D eigenvalue weighted by Gasteiger charge is 2.09. The van der Waals surface area contributed by atoms with Crippen LogP contribution in [0.5, 0.6) is 11.5 Å². The Morgan fingerprint density at radius 1 is 1.05 bits per heavy atom. The van der Waals surface area contributed by atoms with Gasteiger partial charge < -0.3 is 10.1 Å². The van der Waals surface area contributed by atoms with Crippen LogP contribution in [0, 0.1) is 6.92 Å². The van der Waals surface area contributed by atoms with E-state index in [2.05, 4.69) is 12.2 Å². The molecule has 2 aromatic rings. The number of hydrogen-bond acceptors (Lipinski definition) is 2. The van der Waals surface area contributed by atoms with Crippen LogP contribution in [0.2, 0.25) is 5.02 Å². The van der Waals surface area contributed by atoms with Crippen LogP contribution in [0.4, 0.5) is 0 Å². The number of halogens is 1. The molecule has 0 fully saturated rings. The molecule has 0 unspecified atom stereocenters. The van der Waals surface area contributed by atoms with Gasteiger partial charge in [-0.05, 0) is 37.2 Å². The van der Waals surface area contributed by atoms with Crippen molar-refractivity contribution >= 4 is 11.6 Å². The Labute approximate surface area is 119 Å². The first-order chi connectivity index (χ1) is 9.22. The van der Waals surface area contributed by atoms with Crippen molar-refractivity contribution in [3.05, 3.63) is 58.6 Å². The maximum absolute atomic E-state index is 6.25. The molecule has 2 nitrogen and oxygen atoms in total. The molecule has 0 bridgehead atoms. The lowest BCUT2D eigenvalue weighted by Gasteiger charge is -2.14. The highest BCUT2D eigenvalue weighted by atomic mass is 35.5. The predicted molar refractivity (Wildman–Crippen MR) is 80.1 cm³/mol. The van der Waals surface area contributed by atoms with E-state index in [1.54, 1.807) is 0 Å². The van der Waals surface area contributed by atoms with Crippen molar-refractivity contribution in [3.63, 3.8) is 0 Å². The zero-order valence-electron chi connectivity index (χ0n) is 11.2. The molecule has 0 heterocycles. The van der Waals surface area contributed by atoms with Crippen molar-refractivity contribution < 1.29 is 4.74 Å². The third-order valence-electron chi connectivity index (χ3n) is 2.94. The first kappa shape index (κ1) is 13.9. The fraction of sp³-hybridized carbons (Fsp3) is 0.250. The van der Waals surface area contributed by atoms with E-state index >= 15 is 0 Å². The van der Waals surface area contributed by atoms with Gasteiger partial charge in [-0.2, -0.15) is 0 Å². The molecule has 2 rings (SSSR count). The summed E-state index contributed by atoms with van der Waals surface area (Å²) < 4.78 is 5.99. The maximum atomic E-state index is 6.25. The lowest BCUT2D eigenvalue weighted by atomic mass is 10.2. The van der Waals surface area contributed by atoms with Crippen LogP contribution in [0.25, 0.3) is 0 Å². The SMILES string of the molecule is CCNCc1c(Cl)cccc1Oc1ccccc1C. The fourth-order valence-corrected chi connectivity index (χ4v) is 2.08. The highest BCUT2D eigenvalue weighted by Crippen LogP contribution is 2.31. The largest absolute Gasteiger partial charge is 0.457 e. The molecule has 0 aliphatic carbocycles. The Morgan fingerprint density at radius 2 is 1.79 bits per heavy atom. The minimum atomic E-state index is 0.706. The second-order valence-electron chi connectivity index (χ2n) is 4.36. The van der Waals surface area contributed by atoms with E-state index in [1.165, 1.54) is 0 Å². The number of aryl methyl sites for hydroxylation is 1. The van der Waals surface area contributed by atoms with E-state index in [1.807, 2.05) is 49.4 Å². The summed E-state index contributed by atoms with van der Waals surface area (Å²) in [6, 6.07) is 13.7. The minimum Gasteiger partial charge on any atom is -0.457 e. The van der Waals surface area contributed by atoms with Gasteiger partial charge in [0.25, 0.3) is 0 Å². The molecule has 1 N–H and O–H groups in total. The van der Waals surface area contributed by atoms with E-state index in [4.69, 9.17) is 16.3 Å². The third-order valence-corrected chi connectivity index (χ3v) is 3.30. The van der Waals surface area contributed by atoms with Gasteiger partial charge in [0.1, 0.15) is 11.5 Å². The van der Waals surface area contributed by atoms with Crippen LogP contribution < -0.4 is 10.1 Å². The molecule has 0 aliphatic rings. The first-order valence-electron chi connectivity index (χ1n) is 6.44. The molecule has 0 saturated carbocycles. The highest BCUT2D eigenvalue weighted by molar-refractivity contribution is 6.31. The molecule has 0 atom stereocenters. The first-order valence-corrected chi connectivity index (χ1v) is 6.81. The number of hydrogen-bond donors (Lipinski definition) is 1. The molecule has 0 aromatic heterocycles. The molecule has 100 valence electrons. The fourth-order valence-electron chi connectivity index (χ4n) is 1.85.